The number of nitrogens with one attached hydrogen (secondary N) is 2. The van der Waals surface area contributed by atoms with Crippen LogP contribution in [0.1, 0.15) is 5.56 Å². The fraction of sp³-hybridized carbons (Fsp3) is 0.318. The van der Waals surface area contributed by atoms with E-state index in [2.05, 4.69) is 20.6 Å². The van der Waals surface area contributed by atoms with E-state index in [-0.39, 0.29) is 24.9 Å². The number of aromatic nitrogens is 2. The lowest BCUT2D eigenvalue weighted by Gasteiger charge is -2.18. The minimum atomic E-state index is -0.493. The maximum absolute atomic E-state index is 12.2. The lowest BCUT2D eigenvalue weighted by atomic mass is 10.1. The van der Waals surface area contributed by atoms with Crippen LogP contribution in [0, 0.1) is 0 Å². The third-order valence-corrected chi connectivity index (χ3v) is 5.29. The Balaban J connectivity index is 1.16. The molecule has 1 amide bonds. The molecule has 0 radical (unpaired) electrons. The zero-order chi connectivity index (χ0) is 21.0. The summed E-state index contributed by atoms with van der Waals surface area (Å²) >= 11 is 0. The van der Waals surface area contributed by atoms with E-state index in [0.717, 1.165) is 5.56 Å². The first-order valence-corrected chi connectivity index (χ1v) is 10.1. The summed E-state index contributed by atoms with van der Waals surface area (Å²) in [6.07, 6.45) is 1.70. The molecule has 160 valence electrons. The van der Waals surface area contributed by atoms with Gasteiger partial charge in [0.15, 0.2) is 11.9 Å². The van der Waals surface area contributed by atoms with Crippen molar-refractivity contribution in [1.29, 1.82) is 0 Å². The number of furan rings is 1. The van der Waals surface area contributed by atoms with Crippen LogP contribution in [0.5, 0.6) is 0 Å². The van der Waals surface area contributed by atoms with Crippen molar-refractivity contribution >= 4 is 12.0 Å². The van der Waals surface area contributed by atoms with E-state index in [1.165, 1.54) is 0 Å². The van der Waals surface area contributed by atoms with Crippen molar-refractivity contribution < 1.29 is 23.4 Å². The highest BCUT2D eigenvalue weighted by molar-refractivity contribution is 5.67. The van der Waals surface area contributed by atoms with Gasteiger partial charge in [-0.25, -0.2) is 14.8 Å². The van der Waals surface area contributed by atoms with E-state index >= 15 is 0 Å². The number of rotatable bonds is 6. The van der Waals surface area contributed by atoms with Gasteiger partial charge in [0.2, 0.25) is 5.95 Å². The Morgan fingerprint density at radius 1 is 1.06 bits per heavy atom. The third kappa shape index (κ3) is 4.37. The molecule has 2 N–H and O–H groups in total. The van der Waals surface area contributed by atoms with Crippen LogP contribution in [-0.4, -0.2) is 53.6 Å². The first-order valence-electron chi connectivity index (χ1n) is 10.1. The van der Waals surface area contributed by atoms with Crippen LogP contribution >= 0.6 is 0 Å². The van der Waals surface area contributed by atoms with Crippen molar-refractivity contribution in [2.45, 2.75) is 30.9 Å². The van der Waals surface area contributed by atoms with Gasteiger partial charge in [-0.2, -0.15) is 0 Å². The summed E-state index contributed by atoms with van der Waals surface area (Å²) in [5.74, 6) is 1.12. The zero-order valence-corrected chi connectivity index (χ0v) is 16.6. The normalized spacial score (nSPS) is 24.5. The van der Waals surface area contributed by atoms with Crippen molar-refractivity contribution in [3.63, 3.8) is 0 Å². The summed E-state index contributed by atoms with van der Waals surface area (Å²) in [6.45, 7) is 1.07. The van der Waals surface area contributed by atoms with Gasteiger partial charge in [0.05, 0.1) is 25.5 Å². The average Bonchev–Trinajstić information content (AvgIpc) is 3.54. The maximum atomic E-state index is 12.2. The molecular weight excluding hydrogens is 400 g/mol. The number of alkyl carbamates (subject to hydrolysis) is 1. The van der Waals surface area contributed by atoms with Gasteiger partial charge >= 0.3 is 6.09 Å². The Morgan fingerprint density at radius 2 is 1.94 bits per heavy atom. The second kappa shape index (κ2) is 8.75. The van der Waals surface area contributed by atoms with Gasteiger partial charge in [-0.1, -0.05) is 30.3 Å². The first kappa shape index (κ1) is 19.5. The molecule has 9 nitrogen and oxygen atoms in total. The van der Waals surface area contributed by atoms with Crippen molar-refractivity contribution in [2.24, 2.45) is 0 Å². The molecule has 3 aromatic rings. The van der Waals surface area contributed by atoms with Gasteiger partial charge < -0.3 is 29.3 Å². The van der Waals surface area contributed by atoms with E-state index in [0.29, 0.717) is 30.6 Å². The summed E-state index contributed by atoms with van der Waals surface area (Å²) in [4.78, 5) is 21.0. The number of benzene rings is 1. The Kier molecular flexibility index (Phi) is 5.51. The number of nitrogens with zero attached hydrogens (tertiary/aromatic N) is 2. The van der Waals surface area contributed by atoms with Crippen LogP contribution in [0.15, 0.2) is 65.4 Å². The van der Waals surface area contributed by atoms with E-state index in [1.54, 1.807) is 18.5 Å². The number of amides is 1. The molecule has 4 atom stereocenters. The monoisotopic (exact) mass is 422 g/mol. The molecule has 0 saturated carbocycles. The van der Waals surface area contributed by atoms with Crippen LogP contribution in [0.2, 0.25) is 0 Å². The van der Waals surface area contributed by atoms with E-state index < -0.39 is 12.2 Å². The predicted octanol–water partition coefficient (Wildman–Crippen LogP) is 2.61. The van der Waals surface area contributed by atoms with Crippen LogP contribution in [-0.2, 0) is 20.8 Å². The average molecular weight is 422 g/mol. The molecule has 1 aromatic carbocycles. The van der Waals surface area contributed by atoms with Gasteiger partial charge in [-0.3, -0.25) is 0 Å². The SMILES string of the molecule is O=C(NCc1ccccc1)O[C@H]1CO[C@@H]2[C@@H]1OC[C@@H]2Nc1nccc(-c2ccco2)n1. The van der Waals surface area contributed by atoms with Crippen LogP contribution in [0.25, 0.3) is 11.5 Å². The molecule has 2 aliphatic heterocycles. The number of hydrogen-bond acceptors (Lipinski definition) is 8. The standard InChI is InChI=1S/C22H22N4O5/c27-22(24-11-14-5-2-1-3-6-14)31-18-13-30-19-16(12-29-20(18)19)26-21-23-9-8-15(25-21)17-7-4-10-28-17/h1-10,16,18-20H,11-13H2,(H,24,27)(H,23,25,26)/t16-,18-,19-,20+/m0/s1. The van der Waals surface area contributed by atoms with Crippen LogP contribution in [0.4, 0.5) is 10.7 Å². The van der Waals surface area contributed by atoms with Crippen molar-refractivity contribution in [3.05, 3.63) is 66.6 Å². The summed E-state index contributed by atoms with van der Waals surface area (Å²) in [5, 5.41) is 6.02. The van der Waals surface area contributed by atoms with Crippen molar-refractivity contribution in [3.8, 4) is 11.5 Å². The molecule has 0 bridgehead atoms. The molecule has 9 heteroatoms. The Bertz CT molecular complexity index is 1010. The summed E-state index contributed by atoms with van der Waals surface area (Å²) in [5.41, 5.74) is 1.68. The molecule has 5 rings (SSSR count). The van der Waals surface area contributed by atoms with Gasteiger partial charge in [0, 0.05) is 12.7 Å². The number of carbonyl (C=O) groups is 1. The minimum Gasteiger partial charge on any atom is -0.463 e. The highest BCUT2D eigenvalue weighted by Gasteiger charge is 2.49. The topological polar surface area (TPSA) is 108 Å². The lowest BCUT2D eigenvalue weighted by Crippen LogP contribution is -2.39. The van der Waals surface area contributed by atoms with Crippen molar-refractivity contribution in [1.82, 2.24) is 15.3 Å². The molecule has 4 heterocycles. The minimum absolute atomic E-state index is 0.155. The van der Waals surface area contributed by atoms with Gasteiger partial charge in [0.1, 0.15) is 17.9 Å². The molecule has 2 fully saturated rings. The Labute approximate surface area is 178 Å². The van der Waals surface area contributed by atoms with Crippen LogP contribution in [0.3, 0.4) is 0 Å². The molecular formula is C22H22N4O5. The number of ether oxygens (including phenoxy) is 3. The lowest BCUT2D eigenvalue weighted by molar-refractivity contribution is 0.00431. The molecule has 2 saturated heterocycles. The zero-order valence-electron chi connectivity index (χ0n) is 16.6. The fourth-order valence-corrected chi connectivity index (χ4v) is 3.79. The van der Waals surface area contributed by atoms with E-state index in [9.17, 15) is 4.79 Å². The molecule has 2 aliphatic rings. The summed E-state index contributed by atoms with van der Waals surface area (Å²) < 4.78 is 22.7. The number of hydrogen-bond donors (Lipinski definition) is 2. The molecule has 2 aromatic heterocycles. The van der Waals surface area contributed by atoms with Gasteiger partial charge in [-0.15, -0.1) is 0 Å². The van der Waals surface area contributed by atoms with E-state index in [1.807, 2.05) is 42.5 Å². The largest absolute Gasteiger partial charge is 0.463 e. The predicted molar refractivity (Wildman–Crippen MR) is 110 cm³/mol. The molecule has 31 heavy (non-hydrogen) atoms. The first-order chi connectivity index (χ1) is 15.3. The molecule has 0 unspecified atom stereocenters. The highest BCUT2D eigenvalue weighted by atomic mass is 16.6. The Morgan fingerprint density at radius 3 is 2.77 bits per heavy atom. The fourth-order valence-electron chi connectivity index (χ4n) is 3.79. The third-order valence-electron chi connectivity index (χ3n) is 5.29. The quantitative estimate of drug-likeness (QED) is 0.624. The van der Waals surface area contributed by atoms with Crippen molar-refractivity contribution in [2.75, 3.05) is 18.5 Å². The van der Waals surface area contributed by atoms with E-state index in [4.69, 9.17) is 18.6 Å². The second-order valence-electron chi connectivity index (χ2n) is 7.37. The van der Waals surface area contributed by atoms with Gasteiger partial charge in [-0.05, 0) is 23.8 Å². The maximum Gasteiger partial charge on any atom is 0.407 e. The summed E-state index contributed by atoms with van der Waals surface area (Å²) in [6, 6.07) is 14.9. The molecule has 0 aliphatic carbocycles. The number of carbonyl (C=O) groups excluding carboxylic acids is 1. The number of anilines is 1. The number of fused-ring (bicyclic) bond motifs is 1. The van der Waals surface area contributed by atoms with Crippen LogP contribution < -0.4 is 10.6 Å². The Hall–Kier alpha value is -3.43. The highest BCUT2D eigenvalue weighted by Crippen LogP contribution is 2.30. The second-order valence-corrected chi connectivity index (χ2v) is 7.37. The molecule has 0 spiro atoms. The summed E-state index contributed by atoms with van der Waals surface area (Å²) in [7, 11) is 0. The smallest absolute Gasteiger partial charge is 0.407 e. The van der Waals surface area contributed by atoms with Gasteiger partial charge in [0.25, 0.3) is 0 Å².